The summed E-state index contributed by atoms with van der Waals surface area (Å²) in [5, 5.41) is 22.0. The van der Waals surface area contributed by atoms with Crippen molar-refractivity contribution >= 4 is 0 Å². The summed E-state index contributed by atoms with van der Waals surface area (Å²) in [7, 11) is 1.59. The molecule has 1 unspecified atom stereocenters. The molecule has 0 bridgehead atoms. The van der Waals surface area contributed by atoms with Gasteiger partial charge in [0.2, 0.25) is 0 Å². The molecule has 1 rings (SSSR count). The van der Waals surface area contributed by atoms with Crippen LogP contribution in [-0.4, -0.2) is 30.0 Å². The van der Waals surface area contributed by atoms with E-state index in [2.05, 4.69) is 5.32 Å². The van der Waals surface area contributed by atoms with Gasteiger partial charge >= 0.3 is 0 Å². The first-order valence-electron chi connectivity index (χ1n) is 5.33. The summed E-state index contributed by atoms with van der Waals surface area (Å²) in [5.41, 5.74) is 0.764. The average molecular weight is 225 g/mol. The van der Waals surface area contributed by atoms with Gasteiger partial charge in [0.1, 0.15) is 11.5 Å². The summed E-state index contributed by atoms with van der Waals surface area (Å²) < 4.78 is 5.10. The first-order valence-corrected chi connectivity index (χ1v) is 5.33. The van der Waals surface area contributed by atoms with Crippen molar-refractivity contribution < 1.29 is 14.9 Å². The number of hydrogen-bond donors (Lipinski definition) is 3. The molecule has 0 fully saturated rings. The molecule has 2 atom stereocenters. The summed E-state index contributed by atoms with van der Waals surface area (Å²) in [6, 6.07) is 5.06. The van der Waals surface area contributed by atoms with Crippen LogP contribution in [-0.2, 0) is 0 Å². The Labute approximate surface area is 95.9 Å². The molecular formula is C12H19NO3. The third kappa shape index (κ3) is 3.40. The molecule has 0 aliphatic rings. The van der Waals surface area contributed by atoms with Crippen molar-refractivity contribution in [2.75, 3.05) is 13.7 Å². The van der Waals surface area contributed by atoms with E-state index >= 15 is 0 Å². The second-order valence-corrected chi connectivity index (χ2v) is 3.90. The van der Waals surface area contributed by atoms with E-state index in [1.807, 2.05) is 6.92 Å². The van der Waals surface area contributed by atoms with Crippen molar-refractivity contribution in [3.05, 3.63) is 23.8 Å². The van der Waals surface area contributed by atoms with Crippen LogP contribution in [0.2, 0.25) is 0 Å². The van der Waals surface area contributed by atoms with Crippen LogP contribution in [0, 0.1) is 0 Å². The van der Waals surface area contributed by atoms with E-state index in [0.717, 1.165) is 5.56 Å². The van der Waals surface area contributed by atoms with Crippen molar-refractivity contribution in [2.45, 2.75) is 26.0 Å². The van der Waals surface area contributed by atoms with E-state index in [9.17, 15) is 5.11 Å². The predicted octanol–water partition coefficient (Wildman–Crippen LogP) is 1.43. The van der Waals surface area contributed by atoms with E-state index < -0.39 is 6.10 Å². The van der Waals surface area contributed by atoms with E-state index in [-0.39, 0.29) is 11.8 Å². The number of methoxy groups -OCH3 is 1. The van der Waals surface area contributed by atoms with Gasteiger partial charge in [-0.15, -0.1) is 0 Å². The molecule has 0 radical (unpaired) electrons. The predicted molar refractivity (Wildman–Crippen MR) is 62.8 cm³/mol. The maximum Gasteiger partial charge on any atom is 0.120 e. The standard InChI is InChI=1S/C12H19NO3/c1-8(14)7-13-9(2)11-6-10(16-3)4-5-12(11)15/h4-6,8-9,13-15H,7H2,1-3H3/t8-,9?/m1/s1. The molecule has 0 aliphatic heterocycles. The highest BCUT2D eigenvalue weighted by Crippen LogP contribution is 2.28. The lowest BCUT2D eigenvalue weighted by Crippen LogP contribution is -2.27. The van der Waals surface area contributed by atoms with Crippen molar-refractivity contribution in [2.24, 2.45) is 0 Å². The number of hydrogen-bond acceptors (Lipinski definition) is 4. The topological polar surface area (TPSA) is 61.7 Å². The van der Waals surface area contributed by atoms with Gasteiger partial charge in [-0.3, -0.25) is 0 Å². The summed E-state index contributed by atoms with van der Waals surface area (Å²) in [6.07, 6.45) is -0.407. The van der Waals surface area contributed by atoms with E-state index in [1.54, 1.807) is 32.2 Å². The van der Waals surface area contributed by atoms with E-state index in [1.165, 1.54) is 0 Å². The number of aromatic hydroxyl groups is 1. The Morgan fingerprint density at radius 3 is 2.62 bits per heavy atom. The maximum atomic E-state index is 9.71. The van der Waals surface area contributed by atoms with E-state index in [4.69, 9.17) is 9.84 Å². The van der Waals surface area contributed by atoms with Crippen molar-refractivity contribution in [3.8, 4) is 11.5 Å². The Bertz CT molecular complexity index is 339. The van der Waals surface area contributed by atoms with Crippen LogP contribution in [0.4, 0.5) is 0 Å². The van der Waals surface area contributed by atoms with Crippen LogP contribution in [0.1, 0.15) is 25.5 Å². The Hall–Kier alpha value is -1.26. The molecule has 4 nitrogen and oxygen atoms in total. The fourth-order valence-corrected chi connectivity index (χ4v) is 1.46. The summed E-state index contributed by atoms with van der Waals surface area (Å²) in [4.78, 5) is 0. The third-order valence-electron chi connectivity index (χ3n) is 2.42. The molecule has 0 heterocycles. The molecule has 0 aromatic heterocycles. The van der Waals surface area contributed by atoms with Gasteiger partial charge in [0, 0.05) is 18.2 Å². The quantitative estimate of drug-likeness (QED) is 0.709. The van der Waals surface area contributed by atoms with Crippen molar-refractivity contribution in [1.82, 2.24) is 5.32 Å². The van der Waals surface area contributed by atoms with Gasteiger partial charge in [0.15, 0.2) is 0 Å². The van der Waals surface area contributed by atoms with Crippen molar-refractivity contribution in [1.29, 1.82) is 0 Å². The average Bonchev–Trinajstić information content (AvgIpc) is 2.26. The number of phenols is 1. The van der Waals surface area contributed by atoms with Crippen LogP contribution < -0.4 is 10.1 Å². The fraction of sp³-hybridized carbons (Fsp3) is 0.500. The number of phenolic OH excluding ortho intramolecular Hbond substituents is 1. The first-order chi connectivity index (χ1) is 7.54. The maximum absolute atomic E-state index is 9.71. The van der Waals surface area contributed by atoms with Gasteiger partial charge in [0.05, 0.1) is 13.2 Å². The minimum absolute atomic E-state index is 0.0373. The Kier molecular flexibility index (Phi) is 4.58. The lowest BCUT2D eigenvalue weighted by Gasteiger charge is -2.17. The molecular weight excluding hydrogens is 206 g/mol. The summed E-state index contributed by atoms with van der Waals surface area (Å²) >= 11 is 0. The molecule has 0 amide bonds. The van der Waals surface area contributed by atoms with Gasteiger partial charge < -0.3 is 20.3 Å². The molecule has 0 spiro atoms. The Morgan fingerprint density at radius 1 is 1.38 bits per heavy atom. The van der Waals surface area contributed by atoms with Gasteiger partial charge in [-0.25, -0.2) is 0 Å². The minimum Gasteiger partial charge on any atom is -0.508 e. The second-order valence-electron chi connectivity index (χ2n) is 3.90. The normalized spacial score (nSPS) is 14.5. The van der Waals surface area contributed by atoms with Crippen LogP contribution in [0.3, 0.4) is 0 Å². The summed E-state index contributed by atoms with van der Waals surface area (Å²) in [6.45, 7) is 4.12. The van der Waals surface area contributed by atoms with Crippen molar-refractivity contribution in [3.63, 3.8) is 0 Å². The Balaban J connectivity index is 2.76. The monoisotopic (exact) mass is 225 g/mol. The lowest BCUT2D eigenvalue weighted by atomic mass is 10.1. The molecule has 4 heteroatoms. The van der Waals surface area contributed by atoms with Gasteiger partial charge in [-0.1, -0.05) is 0 Å². The zero-order valence-electron chi connectivity index (χ0n) is 9.90. The van der Waals surface area contributed by atoms with Gasteiger partial charge in [-0.05, 0) is 32.0 Å². The molecule has 90 valence electrons. The van der Waals surface area contributed by atoms with Crippen LogP contribution in [0.25, 0.3) is 0 Å². The number of benzene rings is 1. The molecule has 0 saturated heterocycles. The van der Waals surface area contributed by atoms with Crippen LogP contribution in [0.15, 0.2) is 18.2 Å². The van der Waals surface area contributed by atoms with Gasteiger partial charge in [-0.2, -0.15) is 0 Å². The Morgan fingerprint density at radius 2 is 2.06 bits per heavy atom. The molecule has 1 aromatic rings. The number of rotatable bonds is 5. The highest BCUT2D eigenvalue weighted by Gasteiger charge is 2.11. The van der Waals surface area contributed by atoms with Gasteiger partial charge in [0.25, 0.3) is 0 Å². The smallest absolute Gasteiger partial charge is 0.120 e. The molecule has 1 aromatic carbocycles. The summed E-state index contributed by atoms with van der Waals surface area (Å²) in [5.74, 6) is 0.935. The van der Waals surface area contributed by atoms with E-state index in [0.29, 0.717) is 12.3 Å². The lowest BCUT2D eigenvalue weighted by molar-refractivity contribution is 0.187. The molecule has 0 aliphatic carbocycles. The number of nitrogens with one attached hydrogen (secondary N) is 1. The number of aliphatic hydroxyl groups is 1. The third-order valence-corrected chi connectivity index (χ3v) is 2.42. The molecule has 0 saturated carbocycles. The van der Waals surface area contributed by atoms with Crippen LogP contribution >= 0.6 is 0 Å². The zero-order valence-corrected chi connectivity index (χ0v) is 9.90. The molecule has 3 N–H and O–H groups in total. The minimum atomic E-state index is -0.407. The zero-order chi connectivity index (χ0) is 12.1. The number of ether oxygens (including phenoxy) is 1. The first kappa shape index (κ1) is 12.8. The number of aliphatic hydroxyl groups excluding tert-OH is 1. The SMILES string of the molecule is COc1ccc(O)c(C(C)NC[C@@H](C)O)c1. The fourth-order valence-electron chi connectivity index (χ4n) is 1.46. The highest BCUT2D eigenvalue weighted by atomic mass is 16.5. The second kappa shape index (κ2) is 5.72. The molecule has 16 heavy (non-hydrogen) atoms. The largest absolute Gasteiger partial charge is 0.508 e. The highest BCUT2D eigenvalue weighted by molar-refractivity contribution is 5.41. The van der Waals surface area contributed by atoms with Crippen LogP contribution in [0.5, 0.6) is 11.5 Å².